The SMILES string of the molecule is C[C@H]1[C@@H](OC(=O)c2ccc3ccccc3c2O)O[C@@H]2O[C@]3(C)CC[C@H]4[C@H](C)CC[C@@H]1[C@@]24OO3. The quantitative estimate of drug-likeness (QED) is 0.510. The van der Waals surface area contributed by atoms with E-state index in [9.17, 15) is 9.90 Å². The van der Waals surface area contributed by atoms with Crippen LogP contribution in [0.2, 0.25) is 0 Å². The lowest BCUT2D eigenvalue weighted by molar-refractivity contribution is -0.576. The van der Waals surface area contributed by atoms with Gasteiger partial charge in [0.25, 0.3) is 0 Å². The van der Waals surface area contributed by atoms with Gasteiger partial charge in [0, 0.05) is 23.6 Å². The number of benzene rings is 2. The maximum absolute atomic E-state index is 13.1. The van der Waals surface area contributed by atoms with Gasteiger partial charge in [0.05, 0.1) is 0 Å². The average Bonchev–Trinajstić information content (AvgIpc) is 3.03. The van der Waals surface area contributed by atoms with Crippen LogP contribution in [0.15, 0.2) is 36.4 Å². The fourth-order valence-electron chi connectivity index (χ4n) is 6.60. The maximum atomic E-state index is 13.1. The van der Waals surface area contributed by atoms with Crippen molar-refractivity contribution in [2.45, 2.75) is 70.4 Å². The molecule has 0 amide bonds. The predicted octanol–water partition coefficient (Wildman–Crippen LogP) is 4.91. The number of phenols is 1. The Labute approximate surface area is 192 Å². The lowest BCUT2D eigenvalue weighted by Crippen LogP contribution is -2.70. The predicted molar refractivity (Wildman–Crippen MR) is 118 cm³/mol. The average molecular weight is 455 g/mol. The summed E-state index contributed by atoms with van der Waals surface area (Å²) in [6.45, 7) is 6.16. The number of aromatic hydroxyl groups is 1. The Hall–Kier alpha value is -2.19. The second-order valence-electron chi connectivity index (χ2n) is 10.4. The van der Waals surface area contributed by atoms with E-state index in [0.29, 0.717) is 11.3 Å². The third-order valence-corrected chi connectivity index (χ3v) is 8.44. The van der Waals surface area contributed by atoms with Gasteiger partial charge in [-0.2, -0.15) is 0 Å². The van der Waals surface area contributed by atoms with Gasteiger partial charge in [-0.05, 0) is 49.5 Å². The molecule has 4 heterocycles. The van der Waals surface area contributed by atoms with E-state index < -0.39 is 29.9 Å². The molecule has 7 nitrogen and oxygen atoms in total. The highest BCUT2D eigenvalue weighted by atomic mass is 17.3. The van der Waals surface area contributed by atoms with E-state index in [1.807, 2.05) is 32.0 Å². The van der Waals surface area contributed by atoms with Gasteiger partial charge in [0.15, 0.2) is 11.9 Å². The van der Waals surface area contributed by atoms with Gasteiger partial charge >= 0.3 is 5.97 Å². The second-order valence-corrected chi connectivity index (χ2v) is 10.4. The first kappa shape index (κ1) is 21.4. The van der Waals surface area contributed by atoms with Gasteiger partial charge in [-0.15, -0.1) is 0 Å². The smallest absolute Gasteiger partial charge is 0.344 e. The summed E-state index contributed by atoms with van der Waals surface area (Å²) >= 11 is 0. The first-order chi connectivity index (χ1) is 15.8. The van der Waals surface area contributed by atoms with Gasteiger partial charge in [0.2, 0.25) is 12.1 Å². The zero-order valence-corrected chi connectivity index (χ0v) is 19.2. The molecule has 1 aliphatic carbocycles. The van der Waals surface area contributed by atoms with Crippen molar-refractivity contribution in [2.75, 3.05) is 0 Å². The van der Waals surface area contributed by atoms with Crippen LogP contribution in [-0.2, 0) is 24.0 Å². The highest BCUT2D eigenvalue weighted by Gasteiger charge is 2.69. The molecule has 2 bridgehead atoms. The molecule has 2 aromatic rings. The van der Waals surface area contributed by atoms with Crippen molar-refractivity contribution in [3.8, 4) is 5.75 Å². The molecule has 33 heavy (non-hydrogen) atoms. The third-order valence-electron chi connectivity index (χ3n) is 8.44. The van der Waals surface area contributed by atoms with Crippen molar-refractivity contribution in [1.82, 2.24) is 0 Å². The Bertz CT molecular complexity index is 1100. The number of ether oxygens (including phenoxy) is 3. The summed E-state index contributed by atoms with van der Waals surface area (Å²) in [6, 6.07) is 10.8. The summed E-state index contributed by atoms with van der Waals surface area (Å²) in [5.41, 5.74) is -0.587. The van der Waals surface area contributed by atoms with E-state index in [-0.39, 0.29) is 29.1 Å². The Balaban J connectivity index is 1.31. The number of carbonyl (C=O) groups excluding carboxylic acids is 1. The Morgan fingerprint density at radius 3 is 2.73 bits per heavy atom. The van der Waals surface area contributed by atoms with Gasteiger partial charge in [-0.25, -0.2) is 14.6 Å². The van der Waals surface area contributed by atoms with Crippen molar-refractivity contribution in [1.29, 1.82) is 0 Å². The summed E-state index contributed by atoms with van der Waals surface area (Å²) in [7, 11) is 0. The third kappa shape index (κ3) is 3.06. The highest BCUT2D eigenvalue weighted by Crippen LogP contribution is 2.60. The molecule has 4 aliphatic heterocycles. The highest BCUT2D eigenvalue weighted by molar-refractivity contribution is 6.01. The van der Waals surface area contributed by atoms with Crippen molar-refractivity contribution < 1.29 is 33.9 Å². The fourth-order valence-corrected chi connectivity index (χ4v) is 6.60. The molecule has 5 aliphatic rings. The first-order valence-corrected chi connectivity index (χ1v) is 11.9. The van der Waals surface area contributed by atoms with Crippen LogP contribution < -0.4 is 0 Å². The van der Waals surface area contributed by atoms with Crippen molar-refractivity contribution >= 4 is 16.7 Å². The van der Waals surface area contributed by atoms with Crippen LogP contribution in [0.5, 0.6) is 5.75 Å². The van der Waals surface area contributed by atoms with Crippen LogP contribution in [0.4, 0.5) is 0 Å². The number of carbonyl (C=O) groups is 1. The minimum atomic E-state index is -0.886. The van der Waals surface area contributed by atoms with Crippen LogP contribution >= 0.6 is 0 Å². The monoisotopic (exact) mass is 454 g/mol. The van der Waals surface area contributed by atoms with Crippen LogP contribution in [0.25, 0.3) is 10.8 Å². The standard InChI is InChI=1S/C26H30O7/c1-14-8-11-20-15(2)23(30-24-26(20)19(14)12-13-25(3,31-24)32-33-26)29-22(28)18-10-9-16-6-4-5-7-17(16)21(18)27/h4-7,9-10,14-15,19-20,23-24,27H,8,11-13H2,1-3H3/t14-,15-,19+,20+,23+,24-,25+,26-/m1/s1. The molecule has 1 saturated carbocycles. The fraction of sp³-hybridized carbons (Fsp3) is 0.577. The molecule has 176 valence electrons. The molecule has 0 aromatic heterocycles. The number of hydrogen-bond donors (Lipinski definition) is 1. The molecule has 5 fully saturated rings. The zero-order valence-electron chi connectivity index (χ0n) is 19.2. The minimum absolute atomic E-state index is 0.0584. The van der Waals surface area contributed by atoms with E-state index in [1.54, 1.807) is 18.2 Å². The number of esters is 1. The summed E-state index contributed by atoms with van der Waals surface area (Å²) in [5, 5.41) is 12.2. The molecule has 1 spiro atoms. The molecule has 4 saturated heterocycles. The van der Waals surface area contributed by atoms with Crippen molar-refractivity contribution in [3.05, 3.63) is 42.0 Å². The second kappa shape index (κ2) is 7.40. The lowest BCUT2D eigenvalue weighted by Gasteiger charge is -2.59. The summed E-state index contributed by atoms with van der Waals surface area (Å²) < 4.78 is 18.5. The Kier molecular flexibility index (Phi) is 4.79. The molecular formula is C26H30O7. The molecular weight excluding hydrogens is 424 g/mol. The maximum Gasteiger partial charge on any atom is 0.344 e. The van der Waals surface area contributed by atoms with E-state index in [2.05, 4.69) is 6.92 Å². The van der Waals surface area contributed by atoms with Crippen molar-refractivity contribution in [2.24, 2.45) is 23.7 Å². The van der Waals surface area contributed by atoms with Gasteiger partial charge in [-0.3, -0.25) is 0 Å². The van der Waals surface area contributed by atoms with Crippen LogP contribution in [0.3, 0.4) is 0 Å². The molecule has 0 radical (unpaired) electrons. The molecule has 2 aromatic carbocycles. The van der Waals surface area contributed by atoms with E-state index in [1.165, 1.54) is 0 Å². The minimum Gasteiger partial charge on any atom is -0.506 e. The first-order valence-electron chi connectivity index (χ1n) is 11.9. The number of fused-ring (bicyclic) bond motifs is 3. The van der Waals surface area contributed by atoms with Gasteiger partial charge in [-0.1, -0.05) is 44.2 Å². The summed E-state index contributed by atoms with van der Waals surface area (Å²) in [4.78, 5) is 25.1. The molecule has 7 rings (SSSR count). The zero-order chi connectivity index (χ0) is 23.0. The Morgan fingerprint density at radius 1 is 1.06 bits per heavy atom. The largest absolute Gasteiger partial charge is 0.506 e. The van der Waals surface area contributed by atoms with E-state index in [0.717, 1.165) is 31.1 Å². The topological polar surface area (TPSA) is 83.5 Å². The molecule has 7 heteroatoms. The van der Waals surface area contributed by atoms with Crippen LogP contribution in [-0.4, -0.2) is 35.0 Å². The lowest BCUT2D eigenvalue weighted by atomic mass is 9.58. The molecule has 8 atom stereocenters. The molecule has 0 unspecified atom stereocenters. The van der Waals surface area contributed by atoms with Gasteiger partial charge < -0.3 is 19.3 Å². The normalized spacial score (nSPS) is 41.9. The van der Waals surface area contributed by atoms with Crippen LogP contribution in [0, 0.1) is 23.7 Å². The van der Waals surface area contributed by atoms with Crippen LogP contribution in [0.1, 0.15) is 56.8 Å². The Morgan fingerprint density at radius 2 is 1.88 bits per heavy atom. The number of phenolic OH excluding ortho intramolecular Hbond substituents is 1. The summed E-state index contributed by atoms with van der Waals surface area (Å²) in [6.07, 6.45) is 2.15. The number of hydrogen-bond acceptors (Lipinski definition) is 7. The van der Waals surface area contributed by atoms with E-state index >= 15 is 0 Å². The molecule has 1 N–H and O–H groups in total. The van der Waals surface area contributed by atoms with E-state index in [4.69, 9.17) is 24.0 Å². The summed E-state index contributed by atoms with van der Waals surface area (Å²) in [5.74, 6) is -0.952. The van der Waals surface area contributed by atoms with Gasteiger partial charge in [0.1, 0.15) is 11.3 Å². The number of rotatable bonds is 2. The van der Waals surface area contributed by atoms with Crippen molar-refractivity contribution in [3.63, 3.8) is 0 Å².